The topological polar surface area (TPSA) is 43.6 Å². The summed E-state index contributed by atoms with van der Waals surface area (Å²) in [6.45, 7) is 0. The maximum Gasteiger partial charge on any atom is 0.340 e. The van der Waals surface area contributed by atoms with E-state index >= 15 is 0 Å². The number of hydrogen-bond acceptors (Lipinski definition) is 4. The van der Waals surface area contributed by atoms with Crippen LogP contribution in [0.25, 0.3) is 5.52 Å². The Kier molecular flexibility index (Phi) is 3.89. The van der Waals surface area contributed by atoms with Crippen LogP contribution in [0.15, 0.2) is 18.3 Å². The molecule has 0 saturated carbocycles. The van der Waals surface area contributed by atoms with E-state index in [4.69, 9.17) is 16.3 Å². The molecule has 0 atom stereocenters. The largest absolute Gasteiger partial charge is 0.465 e. The third kappa shape index (κ3) is 2.29. The van der Waals surface area contributed by atoms with E-state index < -0.39 is 0 Å². The highest BCUT2D eigenvalue weighted by Gasteiger charge is 2.24. The second-order valence-corrected chi connectivity index (χ2v) is 6.36. The summed E-state index contributed by atoms with van der Waals surface area (Å²) in [5.74, 6) is 3.27. The quantitative estimate of drug-likeness (QED) is 0.798. The van der Waals surface area contributed by atoms with Crippen LogP contribution in [-0.4, -0.2) is 34.0 Å². The lowest BCUT2D eigenvalue weighted by molar-refractivity contribution is 0.0602. The number of thioether (sulfide) groups is 1. The Balaban J connectivity index is 2.14. The van der Waals surface area contributed by atoms with Gasteiger partial charge in [0.2, 0.25) is 0 Å². The molecule has 0 aliphatic carbocycles. The predicted molar refractivity (Wildman–Crippen MR) is 80.8 cm³/mol. The van der Waals surface area contributed by atoms with Crippen molar-refractivity contribution in [2.45, 2.75) is 18.8 Å². The van der Waals surface area contributed by atoms with Gasteiger partial charge < -0.3 is 9.14 Å². The predicted octanol–water partition coefficient (Wildman–Crippen LogP) is 3.38. The van der Waals surface area contributed by atoms with Crippen LogP contribution in [-0.2, 0) is 4.74 Å². The molecule has 2 aromatic rings. The van der Waals surface area contributed by atoms with Crippen LogP contribution in [0.1, 0.15) is 34.9 Å². The molecule has 3 heterocycles. The summed E-state index contributed by atoms with van der Waals surface area (Å²) in [6, 6.07) is 3.55. The number of ether oxygens (including phenoxy) is 1. The van der Waals surface area contributed by atoms with E-state index in [0.717, 1.165) is 30.2 Å². The van der Waals surface area contributed by atoms with Crippen LogP contribution >= 0.6 is 23.4 Å². The lowest BCUT2D eigenvalue weighted by Crippen LogP contribution is -2.12. The first-order valence-corrected chi connectivity index (χ1v) is 8.08. The third-order valence-corrected chi connectivity index (χ3v) is 4.95. The van der Waals surface area contributed by atoms with Gasteiger partial charge in [-0.15, -0.1) is 0 Å². The van der Waals surface area contributed by atoms with Gasteiger partial charge in [0.05, 0.1) is 18.2 Å². The standard InChI is InChI=1S/C14H15ClN2O2S/c1-19-14(18)10-3-2-6-17-11(10)12(15)16-13(17)9-4-7-20-8-5-9/h2-3,6,9H,4-5,7-8H2,1H3. The normalized spacial score (nSPS) is 16.5. The van der Waals surface area contributed by atoms with E-state index in [1.54, 1.807) is 6.07 Å². The number of imidazole rings is 1. The molecule has 0 spiro atoms. The number of hydrogen-bond donors (Lipinski definition) is 0. The number of nitrogens with zero attached hydrogens (tertiary/aromatic N) is 2. The van der Waals surface area contributed by atoms with Gasteiger partial charge >= 0.3 is 5.97 Å². The first kappa shape index (κ1) is 13.8. The Bertz CT molecular complexity index is 650. The van der Waals surface area contributed by atoms with E-state index in [1.165, 1.54) is 7.11 Å². The van der Waals surface area contributed by atoms with Crippen LogP contribution < -0.4 is 0 Å². The van der Waals surface area contributed by atoms with Crippen molar-refractivity contribution in [2.24, 2.45) is 0 Å². The SMILES string of the molecule is COC(=O)c1cccn2c(C3CCSCC3)nc(Cl)c12. The molecule has 0 amide bonds. The van der Waals surface area contributed by atoms with Crippen LogP contribution in [0.4, 0.5) is 0 Å². The molecule has 106 valence electrons. The molecule has 4 nitrogen and oxygen atoms in total. The first-order valence-electron chi connectivity index (χ1n) is 6.55. The van der Waals surface area contributed by atoms with Gasteiger partial charge in [0.1, 0.15) is 5.82 Å². The molecule has 1 saturated heterocycles. The summed E-state index contributed by atoms with van der Waals surface area (Å²) in [5, 5.41) is 0.374. The van der Waals surface area contributed by atoms with Crippen molar-refractivity contribution in [3.63, 3.8) is 0 Å². The van der Waals surface area contributed by atoms with Gasteiger partial charge in [0.15, 0.2) is 5.15 Å². The minimum absolute atomic E-state index is 0.374. The fraction of sp³-hybridized carbons (Fsp3) is 0.429. The van der Waals surface area contributed by atoms with E-state index in [0.29, 0.717) is 22.2 Å². The summed E-state index contributed by atoms with van der Waals surface area (Å²) in [7, 11) is 1.37. The van der Waals surface area contributed by atoms with Crippen LogP contribution in [0.3, 0.4) is 0 Å². The molecule has 0 N–H and O–H groups in total. The number of esters is 1. The molecule has 1 aliphatic rings. The molecule has 0 unspecified atom stereocenters. The molecule has 3 rings (SSSR count). The summed E-state index contributed by atoms with van der Waals surface area (Å²) in [5.41, 5.74) is 1.11. The van der Waals surface area contributed by atoms with Crippen LogP contribution in [0, 0.1) is 0 Å². The molecular weight excluding hydrogens is 296 g/mol. The van der Waals surface area contributed by atoms with Gasteiger partial charge in [0, 0.05) is 12.1 Å². The van der Waals surface area contributed by atoms with E-state index in [-0.39, 0.29) is 5.97 Å². The Morgan fingerprint density at radius 2 is 2.25 bits per heavy atom. The van der Waals surface area contributed by atoms with E-state index in [2.05, 4.69) is 4.98 Å². The Labute approximate surface area is 126 Å². The highest BCUT2D eigenvalue weighted by molar-refractivity contribution is 7.99. The average Bonchev–Trinajstić information content (AvgIpc) is 2.85. The van der Waals surface area contributed by atoms with Crippen molar-refractivity contribution in [3.8, 4) is 0 Å². The van der Waals surface area contributed by atoms with Gasteiger partial charge in [-0.2, -0.15) is 11.8 Å². The zero-order chi connectivity index (χ0) is 14.1. The van der Waals surface area contributed by atoms with Gasteiger partial charge in [0.25, 0.3) is 0 Å². The minimum atomic E-state index is -0.386. The van der Waals surface area contributed by atoms with Crippen molar-refractivity contribution < 1.29 is 9.53 Å². The Morgan fingerprint density at radius 1 is 1.50 bits per heavy atom. The third-order valence-electron chi connectivity index (χ3n) is 3.64. The maximum absolute atomic E-state index is 11.8. The number of pyridine rings is 1. The molecule has 0 aromatic carbocycles. The van der Waals surface area contributed by atoms with Crippen molar-refractivity contribution in [1.82, 2.24) is 9.38 Å². The molecule has 6 heteroatoms. The molecule has 1 fully saturated rings. The number of aromatic nitrogens is 2. The second-order valence-electron chi connectivity index (χ2n) is 4.78. The highest BCUT2D eigenvalue weighted by atomic mass is 35.5. The summed E-state index contributed by atoms with van der Waals surface area (Å²) < 4.78 is 6.75. The van der Waals surface area contributed by atoms with Crippen molar-refractivity contribution in [3.05, 3.63) is 34.9 Å². The van der Waals surface area contributed by atoms with E-state index in [1.807, 2.05) is 28.4 Å². The number of carbonyl (C=O) groups excluding carboxylic acids is 1. The number of methoxy groups -OCH3 is 1. The van der Waals surface area contributed by atoms with Gasteiger partial charge in [-0.1, -0.05) is 11.6 Å². The lowest BCUT2D eigenvalue weighted by atomic mass is 10.0. The van der Waals surface area contributed by atoms with Crippen LogP contribution in [0.2, 0.25) is 5.15 Å². The summed E-state index contributed by atoms with van der Waals surface area (Å²) in [4.78, 5) is 16.3. The van der Waals surface area contributed by atoms with Gasteiger partial charge in [-0.25, -0.2) is 9.78 Å². The number of carbonyl (C=O) groups is 1. The fourth-order valence-electron chi connectivity index (χ4n) is 2.64. The molecule has 0 radical (unpaired) electrons. The monoisotopic (exact) mass is 310 g/mol. The van der Waals surface area contributed by atoms with Gasteiger partial charge in [-0.05, 0) is 36.5 Å². The summed E-state index contributed by atoms with van der Waals surface area (Å²) in [6.07, 6.45) is 4.11. The molecular formula is C14H15ClN2O2S. The smallest absolute Gasteiger partial charge is 0.340 e. The van der Waals surface area contributed by atoms with Crippen molar-refractivity contribution in [2.75, 3.05) is 18.6 Å². The Morgan fingerprint density at radius 3 is 2.95 bits per heavy atom. The Hall–Kier alpha value is -1.20. The second kappa shape index (κ2) is 5.66. The van der Waals surface area contributed by atoms with Gasteiger partial charge in [-0.3, -0.25) is 0 Å². The minimum Gasteiger partial charge on any atom is -0.465 e. The van der Waals surface area contributed by atoms with E-state index in [9.17, 15) is 4.79 Å². The van der Waals surface area contributed by atoms with Crippen LogP contribution in [0.5, 0.6) is 0 Å². The average molecular weight is 311 g/mol. The number of halogens is 1. The highest BCUT2D eigenvalue weighted by Crippen LogP contribution is 2.34. The first-order chi connectivity index (χ1) is 9.72. The molecule has 1 aliphatic heterocycles. The maximum atomic E-state index is 11.8. The number of fused-ring (bicyclic) bond motifs is 1. The molecule has 2 aromatic heterocycles. The summed E-state index contributed by atoms with van der Waals surface area (Å²) >= 11 is 8.23. The molecule has 0 bridgehead atoms. The molecule has 20 heavy (non-hydrogen) atoms. The zero-order valence-corrected chi connectivity index (χ0v) is 12.7. The zero-order valence-electron chi connectivity index (χ0n) is 11.1. The van der Waals surface area contributed by atoms with Crippen molar-refractivity contribution >= 4 is 34.8 Å². The number of rotatable bonds is 2. The lowest BCUT2D eigenvalue weighted by Gasteiger charge is -2.20. The van der Waals surface area contributed by atoms with Crippen molar-refractivity contribution in [1.29, 1.82) is 0 Å². The fourth-order valence-corrected chi connectivity index (χ4v) is 4.02.